The van der Waals surface area contributed by atoms with Crippen LogP contribution in [0.1, 0.15) is 16.7 Å². The van der Waals surface area contributed by atoms with Gasteiger partial charge in [0.25, 0.3) is 11.8 Å². The summed E-state index contributed by atoms with van der Waals surface area (Å²) in [6.07, 6.45) is 1.34. The molecule has 0 aliphatic carbocycles. The van der Waals surface area contributed by atoms with Crippen molar-refractivity contribution in [3.05, 3.63) is 93.8 Å². The number of hydrogen-bond donors (Lipinski definition) is 1. The monoisotopic (exact) mass is 494 g/mol. The number of urea groups is 1. The minimum atomic E-state index is -0.870. The lowest BCUT2D eigenvalue weighted by Crippen LogP contribution is -2.54. The van der Waals surface area contributed by atoms with Crippen molar-refractivity contribution < 1.29 is 28.2 Å². The van der Waals surface area contributed by atoms with Crippen LogP contribution in [0.15, 0.2) is 66.2 Å². The van der Waals surface area contributed by atoms with E-state index in [1.54, 1.807) is 55.5 Å². The van der Waals surface area contributed by atoms with Crippen LogP contribution in [0.4, 0.5) is 14.9 Å². The van der Waals surface area contributed by atoms with Gasteiger partial charge in [-0.1, -0.05) is 29.8 Å². The van der Waals surface area contributed by atoms with E-state index in [4.69, 9.17) is 21.1 Å². The van der Waals surface area contributed by atoms with Crippen LogP contribution in [0.2, 0.25) is 5.02 Å². The summed E-state index contributed by atoms with van der Waals surface area (Å²) in [5.74, 6) is -1.19. The number of ether oxygens (including phenoxy) is 2. The Morgan fingerprint density at radius 3 is 2.51 bits per heavy atom. The van der Waals surface area contributed by atoms with Crippen LogP contribution >= 0.6 is 11.6 Å². The molecule has 1 fully saturated rings. The van der Waals surface area contributed by atoms with E-state index in [1.807, 2.05) is 0 Å². The van der Waals surface area contributed by atoms with Gasteiger partial charge in [0.1, 0.15) is 29.5 Å². The van der Waals surface area contributed by atoms with Gasteiger partial charge in [-0.05, 0) is 60.5 Å². The Bertz CT molecular complexity index is 1350. The molecule has 3 aromatic carbocycles. The first kappa shape index (κ1) is 24.0. The van der Waals surface area contributed by atoms with Crippen LogP contribution in [0.25, 0.3) is 6.08 Å². The molecular formula is C26H20ClFN2O5. The Kier molecular flexibility index (Phi) is 6.84. The lowest BCUT2D eigenvalue weighted by Gasteiger charge is -2.28. The Morgan fingerprint density at radius 2 is 1.80 bits per heavy atom. The van der Waals surface area contributed by atoms with Crippen LogP contribution in [-0.2, 0) is 16.2 Å². The summed E-state index contributed by atoms with van der Waals surface area (Å²) in [7, 11) is 1.49. The highest BCUT2D eigenvalue weighted by atomic mass is 35.5. The molecule has 1 aliphatic heterocycles. The number of barbiturate groups is 1. The van der Waals surface area contributed by atoms with E-state index in [2.05, 4.69) is 5.32 Å². The minimum Gasteiger partial charge on any atom is -0.497 e. The first-order valence-corrected chi connectivity index (χ1v) is 10.9. The van der Waals surface area contributed by atoms with Gasteiger partial charge < -0.3 is 9.47 Å². The summed E-state index contributed by atoms with van der Waals surface area (Å²) < 4.78 is 24.4. The molecule has 0 saturated carbocycles. The van der Waals surface area contributed by atoms with E-state index in [0.717, 1.165) is 4.90 Å². The topological polar surface area (TPSA) is 84.9 Å². The fraction of sp³-hybridized carbons (Fsp3) is 0.115. The Hall–Kier alpha value is -4.17. The number of halogens is 2. The molecule has 3 aromatic rings. The summed E-state index contributed by atoms with van der Waals surface area (Å²) >= 11 is 6.17. The van der Waals surface area contributed by atoms with Crippen molar-refractivity contribution in [1.29, 1.82) is 0 Å². The molecule has 1 N–H and O–H groups in total. The van der Waals surface area contributed by atoms with Crippen LogP contribution in [0.5, 0.6) is 11.5 Å². The van der Waals surface area contributed by atoms with E-state index < -0.39 is 17.8 Å². The molecule has 0 bridgehead atoms. The molecule has 35 heavy (non-hydrogen) atoms. The summed E-state index contributed by atoms with van der Waals surface area (Å²) in [5, 5.41) is 2.57. The number of benzene rings is 3. The highest BCUT2D eigenvalue weighted by molar-refractivity contribution is 6.40. The van der Waals surface area contributed by atoms with Gasteiger partial charge in [-0.15, -0.1) is 0 Å². The van der Waals surface area contributed by atoms with Crippen molar-refractivity contribution in [1.82, 2.24) is 5.32 Å². The zero-order valence-corrected chi connectivity index (χ0v) is 19.6. The second-order valence-electron chi connectivity index (χ2n) is 7.66. The largest absolute Gasteiger partial charge is 0.497 e. The quantitative estimate of drug-likeness (QED) is 0.383. The van der Waals surface area contributed by atoms with Crippen molar-refractivity contribution in [3.8, 4) is 11.5 Å². The molecule has 4 rings (SSSR count). The number of methoxy groups -OCH3 is 1. The van der Waals surface area contributed by atoms with Gasteiger partial charge in [-0.2, -0.15) is 0 Å². The Morgan fingerprint density at radius 1 is 1.06 bits per heavy atom. The second-order valence-corrected chi connectivity index (χ2v) is 8.07. The average molecular weight is 495 g/mol. The van der Waals surface area contributed by atoms with Gasteiger partial charge >= 0.3 is 6.03 Å². The number of carbonyl (C=O) groups is 3. The molecular weight excluding hydrogens is 475 g/mol. The highest BCUT2D eigenvalue weighted by Gasteiger charge is 2.37. The predicted molar refractivity (Wildman–Crippen MR) is 129 cm³/mol. The summed E-state index contributed by atoms with van der Waals surface area (Å²) in [5.41, 5.74) is 1.64. The van der Waals surface area contributed by atoms with E-state index in [9.17, 15) is 18.8 Å². The second kappa shape index (κ2) is 9.99. The van der Waals surface area contributed by atoms with Gasteiger partial charge in [0.2, 0.25) is 0 Å². The van der Waals surface area contributed by atoms with Crippen molar-refractivity contribution in [2.24, 2.45) is 0 Å². The van der Waals surface area contributed by atoms with Crippen LogP contribution in [0, 0.1) is 12.7 Å². The third-order valence-corrected chi connectivity index (χ3v) is 5.82. The van der Waals surface area contributed by atoms with Gasteiger partial charge in [0.05, 0.1) is 12.8 Å². The number of nitrogens with one attached hydrogen (secondary N) is 1. The maximum atomic E-state index is 13.3. The van der Waals surface area contributed by atoms with Gasteiger partial charge in [0, 0.05) is 16.7 Å². The SMILES string of the molecule is COc1ccc(/C=C2\C(=O)NC(=O)N(c3cccc(Cl)c3C)C2=O)c(OCc2ccc(F)cc2)c1. The maximum absolute atomic E-state index is 13.3. The molecule has 178 valence electrons. The third kappa shape index (κ3) is 5.02. The lowest BCUT2D eigenvalue weighted by atomic mass is 10.0. The van der Waals surface area contributed by atoms with Gasteiger partial charge in [-0.3, -0.25) is 14.9 Å². The van der Waals surface area contributed by atoms with Crippen molar-refractivity contribution in [3.63, 3.8) is 0 Å². The zero-order valence-electron chi connectivity index (χ0n) is 18.8. The molecule has 7 nitrogen and oxygen atoms in total. The van der Waals surface area contributed by atoms with Crippen molar-refractivity contribution in [2.45, 2.75) is 13.5 Å². The molecule has 0 unspecified atom stereocenters. The van der Waals surface area contributed by atoms with E-state index in [0.29, 0.717) is 33.2 Å². The fourth-order valence-corrected chi connectivity index (χ4v) is 3.67. The molecule has 1 saturated heterocycles. The van der Waals surface area contributed by atoms with E-state index in [1.165, 1.54) is 25.3 Å². The minimum absolute atomic E-state index is 0.107. The third-order valence-electron chi connectivity index (χ3n) is 5.41. The smallest absolute Gasteiger partial charge is 0.335 e. The number of rotatable bonds is 6. The van der Waals surface area contributed by atoms with Crippen LogP contribution in [-0.4, -0.2) is 25.0 Å². The number of hydrogen-bond acceptors (Lipinski definition) is 5. The first-order valence-electron chi connectivity index (χ1n) is 10.5. The molecule has 1 aliphatic rings. The van der Waals surface area contributed by atoms with E-state index >= 15 is 0 Å². The van der Waals surface area contributed by atoms with Crippen LogP contribution in [0.3, 0.4) is 0 Å². The number of carbonyl (C=O) groups excluding carboxylic acids is 3. The zero-order chi connectivity index (χ0) is 25.1. The average Bonchev–Trinajstić information content (AvgIpc) is 2.84. The molecule has 0 spiro atoms. The number of amides is 4. The lowest BCUT2D eigenvalue weighted by molar-refractivity contribution is -0.122. The van der Waals surface area contributed by atoms with Crippen molar-refractivity contribution >= 4 is 41.2 Å². The molecule has 1 heterocycles. The fourth-order valence-electron chi connectivity index (χ4n) is 3.50. The predicted octanol–water partition coefficient (Wildman–Crippen LogP) is 5.04. The number of imide groups is 2. The normalized spacial score (nSPS) is 14.8. The Labute approximate surface area is 205 Å². The number of nitrogens with zero attached hydrogens (tertiary/aromatic N) is 1. The summed E-state index contributed by atoms with van der Waals surface area (Å²) in [4.78, 5) is 39.3. The molecule has 0 aromatic heterocycles. The number of anilines is 1. The maximum Gasteiger partial charge on any atom is 0.335 e. The molecule has 4 amide bonds. The summed E-state index contributed by atoms with van der Waals surface area (Å²) in [6.45, 7) is 1.78. The van der Waals surface area contributed by atoms with Crippen LogP contribution < -0.4 is 19.7 Å². The van der Waals surface area contributed by atoms with Crippen molar-refractivity contribution in [2.75, 3.05) is 12.0 Å². The van der Waals surface area contributed by atoms with Gasteiger partial charge in [0.15, 0.2) is 0 Å². The first-order chi connectivity index (χ1) is 16.8. The molecule has 9 heteroatoms. The highest BCUT2D eigenvalue weighted by Crippen LogP contribution is 2.32. The molecule has 0 atom stereocenters. The molecule has 0 radical (unpaired) electrons. The van der Waals surface area contributed by atoms with Gasteiger partial charge in [-0.25, -0.2) is 14.1 Å². The Balaban J connectivity index is 1.70. The summed E-state index contributed by atoms with van der Waals surface area (Å²) in [6, 6.07) is 14.6. The van der Waals surface area contributed by atoms with E-state index in [-0.39, 0.29) is 23.7 Å². The standard InChI is InChI=1S/C26H20ClFN2O5/c1-15-21(27)4-3-5-22(15)30-25(32)20(24(31)29-26(30)33)12-17-8-11-19(34-2)13-23(17)35-14-16-6-9-18(28)10-7-16/h3-13H,14H2,1-2H3,(H,29,31,33)/b20-12+.